The van der Waals surface area contributed by atoms with Crippen LogP contribution < -0.4 is 0 Å². The van der Waals surface area contributed by atoms with Gasteiger partial charge in [-0.15, -0.1) is 0 Å². The summed E-state index contributed by atoms with van der Waals surface area (Å²) in [6.45, 7) is 10.9. The van der Waals surface area contributed by atoms with E-state index in [9.17, 15) is 5.11 Å². The van der Waals surface area contributed by atoms with Gasteiger partial charge in [0.05, 0.1) is 18.8 Å². The molecule has 0 aromatic heterocycles. The minimum atomic E-state index is -0.282. The first-order valence-electron chi connectivity index (χ1n) is 13.3. The molecule has 2 heterocycles. The monoisotopic (exact) mass is 416 g/mol. The highest BCUT2D eigenvalue weighted by Gasteiger charge is 2.69. The number of hydrogen-bond donors (Lipinski definition) is 1. The van der Waals surface area contributed by atoms with Crippen molar-refractivity contribution in [2.75, 3.05) is 6.61 Å². The minimum absolute atomic E-state index is 0.0389. The van der Waals surface area contributed by atoms with E-state index in [1.165, 1.54) is 44.9 Å². The zero-order valence-corrected chi connectivity index (χ0v) is 19.7. The summed E-state index contributed by atoms with van der Waals surface area (Å²) in [5.41, 5.74) is 0.899. The summed E-state index contributed by atoms with van der Waals surface area (Å²) in [5, 5.41) is 10.3. The molecule has 0 bridgehead atoms. The van der Waals surface area contributed by atoms with Crippen molar-refractivity contribution >= 4 is 0 Å². The average Bonchev–Trinajstić information content (AvgIpc) is 3.16. The fourth-order valence-corrected chi connectivity index (χ4v) is 10.3. The lowest BCUT2D eigenvalue weighted by Crippen LogP contribution is -2.55. The van der Waals surface area contributed by atoms with Crippen molar-refractivity contribution in [3.05, 3.63) is 0 Å². The maximum Gasteiger partial charge on any atom is 0.171 e. The SMILES string of the molecule is CC1CCC2(OC1)OC1C[C@H]3[C@@H]4CC[C@@H]5C[C@@H](O)CC[C@]5(C)[C@H]4CC[C@@]3(C)C1[C@@H]2C. The molecule has 4 saturated carbocycles. The summed E-state index contributed by atoms with van der Waals surface area (Å²) in [5.74, 6) is 4.93. The van der Waals surface area contributed by atoms with Crippen molar-refractivity contribution in [2.45, 2.75) is 110 Å². The second-order valence-corrected chi connectivity index (χ2v) is 13.1. The highest BCUT2D eigenvalue weighted by Crippen LogP contribution is 2.71. The fraction of sp³-hybridized carbons (Fsp3) is 1.00. The Hall–Kier alpha value is -0.120. The van der Waals surface area contributed by atoms with Gasteiger partial charge in [0.25, 0.3) is 0 Å². The van der Waals surface area contributed by atoms with Crippen LogP contribution in [0.4, 0.5) is 0 Å². The van der Waals surface area contributed by atoms with Crippen LogP contribution >= 0.6 is 0 Å². The number of hydrogen-bond acceptors (Lipinski definition) is 3. The number of ether oxygens (including phenoxy) is 2. The molecule has 0 aromatic rings. The Labute approximate surface area is 183 Å². The van der Waals surface area contributed by atoms with Crippen LogP contribution in [0.2, 0.25) is 0 Å². The van der Waals surface area contributed by atoms with Crippen molar-refractivity contribution < 1.29 is 14.6 Å². The lowest BCUT2D eigenvalue weighted by molar-refractivity contribution is -0.273. The molecule has 1 spiro atoms. The molecule has 2 saturated heterocycles. The number of rotatable bonds is 0. The van der Waals surface area contributed by atoms with Crippen molar-refractivity contribution in [3.63, 3.8) is 0 Å². The van der Waals surface area contributed by atoms with E-state index in [4.69, 9.17) is 9.47 Å². The summed E-state index contributed by atoms with van der Waals surface area (Å²) in [6.07, 6.45) is 12.9. The van der Waals surface area contributed by atoms with Gasteiger partial charge in [-0.05, 0) is 104 Å². The Balaban J connectivity index is 1.26. The van der Waals surface area contributed by atoms with Crippen LogP contribution in [0.5, 0.6) is 0 Å². The first-order chi connectivity index (χ1) is 14.3. The van der Waals surface area contributed by atoms with Crippen LogP contribution in [0.15, 0.2) is 0 Å². The van der Waals surface area contributed by atoms with E-state index in [1.54, 1.807) is 0 Å². The van der Waals surface area contributed by atoms with E-state index in [2.05, 4.69) is 27.7 Å². The fourth-order valence-electron chi connectivity index (χ4n) is 10.3. The number of fused-ring (bicyclic) bond motifs is 7. The lowest BCUT2D eigenvalue weighted by Gasteiger charge is -2.61. The Morgan fingerprint density at radius 1 is 0.833 bits per heavy atom. The predicted molar refractivity (Wildman–Crippen MR) is 118 cm³/mol. The maximum absolute atomic E-state index is 10.3. The Morgan fingerprint density at radius 2 is 1.63 bits per heavy atom. The third-order valence-electron chi connectivity index (χ3n) is 11.9. The molecule has 1 N–H and O–H groups in total. The number of aliphatic hydroxyl groups excluding tert-OH is 1. The first kappa shape index (κ1) is 20.5. The van der Waals surface area contributed by atoms with Gasteiger partial charge in [-0.1, -0.05) is 27.7 Å². The van der Waals surface area contributed by atoms with Gasteiger partial charge in [0.15, 0.2) is 5.79 Å². The van der Waals surface area contributed by atoms with E-state index in [1.807, 2.05) is 0 Å². The van der Waals surface area contributed by atoms with Crippen molar-refractivity contribution in [1.82, 2.24) is 0 Å². The molecule has 4 unspecified atom stereocenters. The van der Waals surface area contributed by atoms with E-state index in [0.29, 0.717) is 34.7 Å². The zero-order valence-electron chi connectivity index (χ0n) is 19.7. The highest BCUT2D eigenvalue weighted by molar-refractivity contribution is 5.15. The van der Waals surface area contributed by atoms with Crippen molar-refractivity contribution in [2.24, 2.45) is 52.3 Å². The van der Waals surface area contributed by atoms with Gasteiger partial charge in [-0.25, -0.2) is 0 Å². The maximum atomic E-state index is 10.3. The molecule has 2 aliphatic heterocycles. The summed E-state index contributed by atoms with van der Waals surface area (Å²) >= 11 is 0. The standard InChI is InChI=1S/C27H44O3/c1-16-7-12-27(29-15-16)17(2)24-23(30-27)14-22-20-6-5-18-13-19(28)8-10-25(18,3)21(20)9-11-26(22,24)4/h16-24,28H,5-15H2,1-4H3/t16?,17-,18+,19-,20+,21-,22-,23?,24?,25-,26+,27?/m0/s1. The average molecular weight is 417 g/mol. The zero-order chi connectivity index (χ0) is 20.9. The second kappa shape index (κ2) is 6.70. The minimum Gasteiger partial charge on any atom is -0.393 e. The van der Waals surface area contributed by atoms with Crippen LogP contribution in [0.3, 0.4) is 0 Å². The molecule has 3 nitrogen and oxygen atoms in total. The van der Waals surface area contributed by atoms with Crippen LogP contribution in [0, 0.1) is 52.3 Å². The van der Waals surface area contributed by atoms with Gasteiger partial charge < -0.3 is 14.6 Å². The number of aliphatic hydroxyl groups is 1. The third kappa shape index (κ3) is 2.61. The van der Waals surface area contributed by atoms with Gasteiger partial charge in [0.1, 0.15) is 0 Å². The first-order valence-corrected chi connectivity index (χ1v) is 13.3. The molecule has 0 amide bonds. The molecular formula is C27H44O3. The molecule has 0 radical (unpaired) electrons. The molecule has 3 heteroatoms. The molecule has 170 valence electrons. The van der Waals surface area contributed by atoms with Crippen molar-refractivity contribution in [1.29, 1.82) is 0 Å². The van der Waals surface area contributed by atoms with Gasteiger partial charge in [-0.2, -0.15) is 0 Å². The van der Waals surface area contributed by atoms with E-state index >= 15 is 0 Å². The Bertz CT molecular complexity index is 684. The topological polar surface area (TPSA) is 38.7 Å². The Kier molecular flexibility index (Phi) is 4.58. The molecular weight excluding hydrogens is 372 g/mol. The summed E-state index contributed by atoms with van der Waals surface area (Å²) in [7, 11) is 0. The third-order valence-corrected chi connectivity index (χ3v) is 11.9. The molecule has 6 fully saturated rings. The van der Waals surface area contributed by atoms with E-state index in [-0.39, 0.29) is 11.9 Å². The van der Waals surface area contributed by atoms with Gasteiger partial charge in [-0.3, -0.25) is 0 Å². The summed E-state index contributed by atoms with van der Waals surface area (Å²) < 4.78 is 13.4. The molecule has 6 rings (SSSR count). The normalized spacial score (nSPS) is 62.5. The van der Waals surface area contributed by atoms with E-state index < -0.39 is 0 Å². The van der Waals surface area contributed by atoms with E-state index in [0.717, 1.165) is 49.5 Å². The van der Waals surface area contributed by atoms with Gasteiger partial charge in [0, 0.05) is 12.3 Å². The smallest absolute Gasteiger partial charge is 0.171 e. The summed E-state index contributed by atoms with van der Waals surface area (Å²) in [4.78, 5) is 0. The van der Waals surface area contributed by atoms with Crippen molar-refractivity contribution in [3.8, 4) is 0 Å². The highest BCUT2D eigenvalue weighted by atomic mass is 16.7. The molecule has 30 heavy (non-hydrogen) atoms. The van der Waals surface area contributed by atoms with Crippen LogP contribution in [-0.4, -0.2) is 29.7 Å². The van der Waals surface area contributed by atoms with Gasteiger partial charge in [0.2, 0.25) is 0 Å². The Morgan fingerprint density at radius 3 is 2.40 bits per heavy atom. The molecule has 4 aliphatic carbocycles. The molecule has 0 aromatic carbocycles. The lowest BCUT2D eigenvalue weighted by atomic mass is 9.44. The van der Waals surface area contributed by atoms with Crippen LogP contribution in [0.25, 0.3) is 0 Å². The largest absolute Gasteiger partial charge is 0.393 e. The van der Waals surface area contributed by atoms with Gasteiger partial charge >= 0.3 is 0 Å². The molecule has 12 atom stereocenters. The second-order valence-electron chi connectivity index (χ2n) is 13.1. The molecule has 6 aliphatic rings. The predicted octanol–water partition coefficient (Wildman–Crippen LogP) is 5.79. The quantitative estimate of drug-likeness (QED) is 0.543. The van der Waals surface area contributed by atoms with Crippen LogP contribution in [0.1, 0.15) is 91.9 Å². The summed E-state index contributed by atoms with van der Waals surface area (Å²) in [6, 6.07) is 0. The van der Waals surface area contributed by atoms with Crippen LogP contribution in [-0.2, 0) is 9.47 Å².